The van der Waals surface area contributed by atoms with E-state index in [1.54, 1.807) is 29.5 Å². The molecule has 0 bridgehead atoms. The van der Waals surface area contributed by atoms with Crippen molar-refractivity contribution in [2.75, 3.05) is 23.3 Å². The van der Waals surface area contributed by atoms with Crippen molar-refractivity contribution in [3.05, 3.63) is 65.4 Å². The van der Waals surface area contributed by atoms with Gasteiger partial charge in [0.25, 0.3) is 0 Å². The minimum Gasteiger partial charge on any atom is -0.347 e. The first kappa shape index (κ1) is 22.3. The molecule has 5 rings (SSSR count). The van der Waals surface area contributed by atoms with E-state index >= 15 is 0 Å². The molecule has 2 aromatic heterocycles. The fraction of sp³-hybridized carbons (Fsp3) is 0.308. The second kappa shape index (κ2) is 9.02. The Kier molecular flexibility index (Phi) is 5.91. The Hall–Kier alpha value is -3.52. The summed E-state index contributed by atoms with van der Waals surface area (Å²) in [7, 11) is 0. The number of carbonyl (C=O) groups is 2. The molecule has 1 N–H and O–H groups in total. The van der Waals surface area contributed by atoms with Gasteiger partial charge in [0.1, 0.15) is 0 Å². The number of amides is 1. The fourth-order valence-corrected chi connectivity index (χ4v) is 5.37. The number of hydrogen-bond acceptors (Lipinski definition) is 6. The number of aryl methyl sites for hydroxylation is 2. The summed E-state index contributed by atoms with van der Waals surface area (Å²) in [5, 5.41) is 8.62. The molecule has 2 aromatic carbocycles. The van der Waals surface area contributed by atoms with Crippen molar-refractivity contribution >= 4 is 44.2 Å². The van der Waals surface area contributed by atoms with Gasteiger partial charge in [-0.25, -0.2) is 4.68 Å². The van der Waals surface area contributed by atoms with E-state index in [2.05, 4.69) is 41.4 Å². The number of anilines is 2. The molecule has 3 heterocycles. The lowest BCUT2D eigenvalue weighted by Crippen LogP contribution is -2.40. The molecule has 1 amide bonds. The van der Waals surface area contributed by atoms with Crippen LogP contribution in [0.3, 0.4) is 0 Å². The fourth-order valence-electron chi connectivity index (χ4n) is 4.35. The van der Waals surface area contributed by atoms with Gasteiger partial charge in [0, 0.05) is 24.3 Å². The van der Waals surface area contributed by atoms with Crippen molar-refractivity contribution in [2.45, 2.75) is 33.6 Å². The van der Waals surface area contributed by atoms with Gasteiger partial charge in [-0.2, -0.15) is 10.1 Å². The SMILES string of the molecule is CC(=O)c1cccc(NC(=O)C2CCCN(c3nc4c(s3)c(C)nn4-c3ccc(C)cc3)C2)c1. The Morgan fingerprint density at radius 3 is 2.68 bits per heavy atom. The van der Waals surface area contributed by atoms with Crippen LogP contribution in [-0.4, -0.2) is 39.5 Å². The van der Waals surface area contributed by atoms with E-state index in [4.69, 9.17) is 10.1 Å². The predicted octanol–water partition coefficient (Wildman–Crippen LogP) is 5.16. The van der Waals surface area contributed by atoms with Gasteiger partial charge in [0.2, 0.25) is 5.91 Å². The highest BCUT2D eigenvalue weighted by molar-refractivity contribution is 7.22. The maximum atomic E-state index is 13.0. The van der Waals surface area contributed by atoms with Crippen LogP contribution in [0.2, 0.25) is 0 Å². The average Bonchev–Trinajstić information content (AvgIpc) is 3.40. The number of hydrogen-bond donors (Lipinski definition) is 1. The van der Waals surface area contributed by atoms with E-state index in [9.17, 15) is 9.59 Å². The molecule has 0 saturated carbocycles. The summed E-state index contributed by atoms with van der Waals surface area (Å²) in [6, 6.07) is 15.4. The lowest BCUT2D eigenvalue weighted by atomic mass is 9.97. The molecule has 0 aliphatic carbocycles. The molecule has 1 aliphatic heterocycles. The number of Topliss-reactive ketones (excluding diaryl/α,β-unsaturated/α-hetero) is 1. The molecule has 1 fully saturated rings. The van der Waals surface area contributed by atoms with Crippen molar-refractivity contribution in [1.29, 1.82) is 0 Å². The van der Waals surface area contributed by atoms with E-state index in [1.165, 1.54) is 12.5 Å². The molecule has 1 saturated heterocycles. The van der Waals surface area contributed by atoms with Crippen LogP contribution in [0.4, 0.5) is 10.8 Å². The van der Waals surface area contributed by atoms with Crippen LogP contribution in [0.25, 0.3) is 16.0 Å². The minimum atomic E-state index is -0.142. The van der Waals surface area contributed by atoms with E-state index in [-0.39, 0.29) is 17.6 Å². The molecule has 174 valence electrons. The van der Waals surface area contributed by atoms with E-state index in [1.807, 2.05) is 17.7 Å². The molecule has 4 aromatic rings. The molecular weight excluding hydrogens is 446 g/mol. The molecule has 8 heteroatoms. The number of aromatic nitrogens is 3. The maximum absolute atomic E-state index is 13.0. The van der Waals surface area contributed by atoms with Crippen molar-refractivity contribution in [2.24, 2.45) is 5.92 Å². The van der Waals surface area contributed by atoms with Crippen molar-refractivity contribution in [1.82, 2.24) is 14.8 Å². The van der Waals surface area contributed by atoms with Crippen molar-refractivity contribution < 1.29 is 9.59 Å². The number of fused-ring (bicyclic) bond motifs is 1. The number of nitrogens with zero attached hydrogens (tertiary/aromatic N) is 4. The van der Waals surface area contributed by atoms with Crippen LogP contribution in [0.1, 0.15) is 41.4 Å². The summed E-state index contributed by atoms with van der Waals surface area (Å²) in [4.78, 5) is 31.8. The van der Waals surface area contributed by atoms with E-state index in [0.717, 1.165) is 46.2 Å². The summed E-state index contributed by atoms with van der Waals surface area (Å²) >= 11 is 1.63. The third-order valence-corrected chi connectivity index (χ3v) is 7.47. The summed E-state index contributed by atoms with van der Waals surface area (Å²) in [6.07, 6.45) is 1.75. The van der Waals surface area contributed by atoms with Gasteiger partial charge in [-0.05, 0) is 57.9 Å². The minimum absolute atomic E-state index is 0.0183. The highest BCUT2D eigenvalue weighted by Crippen LogP contribution is 2.34. The zero-order chi connectivity index (χ0) is 23.8. The van der Waals surface area contributed by atoms with Crippen LogP contribution in [-0.2, 0) is 4.79 Å². The normalized spacial score (nSPS) is 16.1. The topological polar surface area (TPSA) is 80.1 Å². The molecule has 0 spiro atoms. The number of ketones is 1. The average molecular weight is 474 g/mol. The first-order valence-electron chi connectivity index (χ1n) is 11.5. The van der Waals surface area contributed by atoms with Gasteiger partial charge in [-0.15, -0.1) is 0 Å². The molecule has 0 radical (unpaired) electrons. The summed E-state index contributed by atoms with van der Waals surface area (Å²) in [5.74, 6) is -0.180. The van der Waals surface area contributed by atoms with Crippen LogP contribution < -0.4 is 10.2 Å². The van der Waals surface area contributed by atoms with Gasteiger partial charge in [0.15, 0.2) is 16.6 Å². The first-order chi connectivity index (χ1) is 16.4. The lowest BCUT2D eigenvalue weighted by molar-refractivity contribution is -0.120. The second-order valence-corrected chi connectivity index (χ2v) is 9.87. The number of benzene rings is 2. The number of carbonyl (C=O) groups excluding carboxylic acids is 2. The lowest BCUT2D eigenvalue weighted by Gasteiger charge is -2.31. The Balaban J connectivity index is 1.35. The standard InChI is InChI=1S/C26H27N5O2S/c1-16-9-11-22(12-10-16)31-24-23(17(2)29-31)34-26(28-24)30-13-5-7-20(15-30)25(33)27-21-8-4-6-19(14-21)18(3)32/h4,6,8-12,14,20H,5,7,13,15H2,1-3H3,(H,27,33). The molecule has 34 heavy (non-hydrogen) atoms. The maximum Gasteiger partial charge on any atom is 0.229 e. The Morgan fingerprint density at radius 1 is 1.12 bits per heavy atom. The van der Waals surface area contributed by atoms with Crippen molar-refractivity contribution in [3.8, 4) is 5.69 Å². The molecule has 1 unspecified atom stereocenters. The Bertz CT molecular complexity index is 1370. The van der Waals surface area contributed by atoms with Crippen LogP contribution in [0, 0.1) is 19.8 Å². The zero-order valence-electron chi connectivity index (χ0n) is 19.5. The number of piperidine rings is 1. The Morgan fingerprint density at radius 2 is 1.91 bits per heavy atom. The quantitative estimate of drug-likeness (QED) is 0.405. The highest BCUT2D eigenvalue weighted by Gasteiger charge is 2.28. The smallest absolute Gasteiger partial charge is 0.229 e. The van der Waals surface area contributed by atoms with Crippen LogP contribution in [0.15, 0.2) is 48.5 Å². The predicted molar refractivity (Wildman–Crippen MR) is 136 cm³/mol. The summed E-state index contributed by atoms with van der Waals surface area (Å²) in [5.41, 5.74) is 5.25. The van der Waals surface area contributed by atoms with Gasteiger partial charge >= 0.3 is 0 Å². The number of rotatable bonds is 5. The third-order valence-electron chi connectivity index (χ3n) is 6.26. The van der Waals surface area contributed by atoms with Crippen molar-refractivity contribution in [3.63, 3.8) is 0 Å². The molecule has 1 atom stereocenters. The van der Waals surface area contributed by atoms with Gasteiger partial charge in [-0.1, -0.05) is 41.2 Å². The molecule has 1 aliphatic rings. The van der Waals surface area contributed by atoms with Gasteiger partial charge in [-0.3, -0.25) is 9.59 Å². The Labute approximate surface area is 202 Å². The van der Waals surface area contributed by atoms with Crippen LogP contribution >= 0.6 is 11.3 Å². The summed E-state index contributed by atoms with van der Waals surface area (Å²) < 4.78 is 2.98. The largest absolute Gasteiger partial charge is 0.347 e. The van der Waals surface area contributed by atoms with Gasteiger partial charge in [0.05, 0.1) is 22.0 Å². The molecule has 7 nitrogen and oxygen atoms in total. The highest BCUT2D eigenvalue weighted by atomic mass is 32.1. The number of nitrogens with one attached hydrogen (secondary N) is 1. The zero-order valence-corrected chi connectivity index (χ0v) is 20.4. The monoisotopic (exact) mass is 473 g/mol. The van der Waals surface area contributed by atoms with Crippen LogP contribution in [0.5, 0.6) is 0 Å². The summed E-state index contributed by atoms with van der Waals surface area (Å²) in [6.45, 7) is 7.09. The third kappa shape index (κ3) is 4.33. The second-order valence-electron chi connectivity index (χ2n) is 8.89. The first-order valence-corrected chi connectivity index (χ1v) is 12.3. The molecular formula is C26H27N5O2S. The van der Waals surface area contributed by atoms with E-state index in [0.29, 0.717) is 17.8 Å². The number of thiazole rings is 1. The van der Waals surface area contributed by atoms with E-state index < -0.39 is 0 Å². The van der Waals surface area contributed by atoms with Gasteiger partial charge < -0.3 is 10.2 Å².